The molecule has 3 aliphatic rings. The van der Waals surface area contributed by atoms with Gasteiger partial charge in [0.25, 0.3) is 0 Å². The van der Waals surface area contributed by atoms with Crippen molar-refractivity contribution in [2.75, 3.05) is 13.6 Å². The fourth-order valence-corrected chi connectivity index (χ4v) is 5.60. The normalized spacial score (nSPS) is 37.3. The van der Waals surface area contributed by atoms with E-state index in [1.165, 1.54) is 0 Å². The smallest absolute Gasteiger partial charge is 0.356 e. The van der Waals surface area contributed by atoms with Crippen molar-refractivity contribution in [1.82, 2.24) is 14.9 Å². The number of nitrogens with two attached hydrogens (primary N) is 1. The SMILES string of the molecule is CN1C2CCC1CC([N+]1(NC(N)=O)CC(C)(C(=O)O)c3ccccc31)C2.Cl. The molecule has 148 valence electrons. The van der Waals surface area contributed by atoms with Crippen LogP contribution < -0.4 is 15.8 Å². The monoisotopic (exact) mass is 395 g/mol. The predicted molar refractivity (Wildman–Crippen MR) is 106 cm³/mol. The van der Waals surface area contributed by atoms with E-state index in [1.54, 1.807) is 6.92 Å². The number of quaternary nitrogens is 1. The molecule has 0 aliphatic carbocycles. The van der Waals surface area contributed by atoms with Crippen molar-refractivity contribution in [2.45, 2.75) is 56.1 Å². The van der Waals surface area contributed by atoms with Gasteiger partial charge in [-0.3, -0.25) is 9.69 Å². The Morgan fingerprint density at radius 1 is 1.26 bits per heavy atom. The number of amides is 2. The van der Waals surface area contributed by atoms with Gasteiger partial charge in [0.2, 0.25) is 0 Å². The average molecular weight is 396 g/mol. The Hall–Kier alpha value is -1.83. The Kier molecular flexibility index (Phi) is 4.91. The van der Waals surface area contributed by atoms with E-state index in [0.29, 0.717) is 18.6 Å². The van der Waals surface area contributed by atoms with Gasteiger partial charge in [0.1, 0.15) is 18.0 Å². The lowest BCUT2D eigenvalue weighted by atomic mass is 9.84. The summed E-state index contributed by atoms with van der Waals surface area (Å²) in [6.07, 6.45) is 4.17. The molecule has 1 aromatic rings. The first-order valence-corrected chi connectivity index (χ1v) is 9.29. The van der Waals surface area contributed by atoms with E-state index in [-0.39, 0.29) is 23.0 Å². The summed E-state index contributed by atoms with van der Waals surface area (Å²) < 4.78 is 0.148. The molecule has 0 aromatic heterocycles. The Morgan fingerprint density at radius 2 is 1.85 bits per heavy atom. The molecule has 2 bridgehead atoms. The number of urea groups is 1. The first-order chi connectivity index (χ1) is 12.3. The van der Waals surface area contributed by atoms with Gasteiger partial charge in [-0.15, -0.1) is 12.4 Å². The number of nitrogens with zero attached hydrogens (tertiary/aromatic N) is 2. The standard InChI is InChI=1S/C19H26N4O3.ClH/c1-19(17(24)25)11-23(21-18(20)26,16-6-4-3-5-15(16)19)14-9-12-7-8-13(10-14)22(12)2;/h3-6,12-14H,7-11H2,1-2H3,(H3-,20,21,24,25,26);1H/p+1. The molecule has 3 heterocycles. The number of piperidine rings is 1. The number of halogens is 1. The van der Waals surface area contributed by atoms with Crippen LogP contribution in [0.3, 0.4) is 0 Å². The van der Waals surface area contributed by atoms with E-state index in [0.717, 1.165) is 36.9 Å². The number of rotatable bonds is 3. The minimum Gasteiger partial charge on any atom is -0.480 e. The van der Waals surface area contributed by atoms with Crippen LogP contribution in [0.5, 0.6) is 0 Å². The largest absolute Gasteiger partial charge is 0.480 e. The van der Waals surface area contributed by atoms with Crippen molar-refractivity contribution in [3.8, 4) is 0 Å². The first kappa shape index (κ1) is 19.9. The van der Waals surface area contributed by atoms with Crippen molar-refractivity contribution >= 4 is 30.1 Å². The van der Waals surface area contributed by atoms with Gasteiger partial charge < -0.3 is 10.8 Å². The number of fused-ring (bicyclic) bond motifs is 3. The highest BCUT2D eigenvalue weighted by molar-refractivity contribution is 5.87. The molecule has 4 N–H and O–H groups in total. The van der Waals surface area contributed by atoms with Crippen LogP contribution in [-0.2, 0) is 10.2 Å². The molecule has 2 saturated heterocycles. The molecule has 2 fully saturated rings. The molecular weight excluding hydrogens is 368 g/mol. The summed E-state index contributed by atoms with van der Waals surface area (Å²) in [6, 6.07) is 8.06. The number of aliphatic carboxylic acids is 1. The number of carboxylic acid groups (broad SMARTS) is 1. The third-order valence-electron chi connectivity index (χ3n) is 6.97. The van der Waals surface area contributed by atoms with Gasteiger partial charge in [0, 0.05) is 36.6 Å². The molecule has 0 saturated carbocycles. The summed E-state index contributed by atoms with van der Waals surface area (Å²) in [7, 11) is 2.17. The van der Waals surface area contributed by atoms with Crippen LogP contribution in [0.1, 0.15) is 38.2 Å². The van der Waals surface area contributed by atoms with Gasteiger partial charge in [-0.05, 0) is 26.8 Å². The number of primary amides is 1. The third kappa shape index (κ3) is 2.80. The van der Waals surface area contributed by atoms with E-state index in [2.05, 4.69) is 17.4 Å². The molecule has 4 atom stereocenters. The average Bonchev–Trinajstić information content (AvgIpc) is 2.95. The lowest BCUT2D eigenvalue weighted by Gasteiger charge is -2.46. The number of carboxylic acids is 1. The van der Waals surface area contributed by atoms with Crippen molar-refractivity contribution in [1.29, 1.82) is 0 Å². The fourth-order valence-electron chi connectivity index (χ4n) is 5.60. The summed E-state index contributed by atoms with van der Waals surface area (Å²) in [6.45, 7) is 2.04. The second-order valence-corrected chi connectivity index (χ2v) is 8.33. The second-order valence-electron chi connectivity index (χ2n) is 8.33. The van der Waals surface area contributed by atoms with Crippen molar-refractivity contribution < 1.29 is 14.7 Å². The lowest BCUT2D eigenvalue weighted by Crippen LogP contribution is -2.71. The maximum Gasteiger partial charge on any atom is 0.356 e. The maximum absolute atomic E-state index is 12.2. The molecule has 8 heteroatoms. The number of nitrogens with one attached hydrogen (secondary N) is 1. The Balaban J connectivity index is 0.00000210. The minimum absolute atomic E-state index is 0. The highest BCUT2D eigenvalue weighted by Gasteiger charge is 2.61. The molecule has 7 nitrogen and oxygen atoms in total. The van der Waals surface area contributed by atoms with Crippen LogP contribution in [0.25, 0.3) is 0 Å². The zero-order chi connectivity index (χ0) is 18.7. The number of carbonyl (C=O) groups excluding carboxylic acids is 1. The second kappa shape index (κ2) is 6.65. The van der Waals surface area contributed by atoms with E-state index in [9.17, 15) is 14.7 Å². The minimum atomic E-state index is -1.05. The van der Waals surface area contributed by atoms with E-state index < -0.39 is 17.4 Å². The summed E-state index contributed by atoms with van der Waals surface area (Å²) in [5, 5.41) is 9.98. The van der Waals surface area contributed by atoms with E-state index >= 15 is 0 Å². The van der Waals surface area contributed by atoms with Crippen LogP contribution in [0, 0.1) is 0 Å². The van der Waals surface area contributed by atoms with Crippen molar-refractivity contribution in [3.63, 3.8) is 0 Å². The Morgan fingerprint density at radius 3 is 2.41 bits per heavy atom. The van der Waals surface area contributed by atoms with Gasteiger partial charge in [0.15, 0.2) is 5.69 Å². The number of carbonyl (C=O) groups is 2. The van der Waals surface area contributed by atoms with Crippen molar-refractivity contribution in [3.05, 3.63) is 29.8 Å². The Bertz CT molecular complexity index is 761. The summed E-state index contributed by atoms with van der Waals surface area (Å²) in [4.78, 5) is 26.6. The zero-order valence-electron chi connectivity index (χ0n) is 15.7. The van der Waals surface area contributed by atoms with Crippen molar-refractivity contribution in [2.24, 2.45) is 5.73 Å². The van der Waals surface area contributed by atoms with Gasteiger partial charge >= 0.3 is 12.0 Å². The first-order valence-electron chi connectivity index (χ1n) is 9.29. The molecule has 2 amide bonds. The quantitative estimate of drug-likeness (QED) is 0.682. The number of para-hydroxylation sites is 1. The summed E-state index contributed by atoms with van der Waals surface area (Å²) in [5.41, 5.74) is 9.13. The maximum atomic E-state index is 12.2. The highest BCUT2D eigenvalue weighted by atomic mass is 35.5. The number of benzene rings is 1. The lowest BCUT2D eigenvalue weighted by molar-refractivity contribution is -0.143. The molecule has 4 unspecified atom stereocenters. The van der Waals surface area contributed by atoms with Crippen LogP contribution in [0.2, 0.25) is 0 Å². The molecular formula is C19H28ClN4O3+. The molecule has 3 aliphatic heterocycles. The van der Waals surface area contributed by atoms with E-state index in [4.69, 9.17) is 5.73 Å². The van der Waals surface area contributed by atoms with Crippen LogP contribution in [0.4, 0.5) is 10.5 Å². The molecule has 0 radical (unpaired) electrons. The topological polar surface area (TPSA) is 95.7 Å². The van der Waals surface area contributed by atoms with Crippen LogP contribution in [-0.4, -0.2) is 53.7 Å². The van der Waals surface area contributed by atoms with Gasteiger partial charge in [-0.1, -0.05) is 18.2 Å². The molecule has 4 rings (SSSR count). The zero-order valence-corrected chi connectivity index (χ0v) is 16.5. The number of hydrogen-bond acceptors (Lipinski definition) is 3. The fraction of sp³-hybridized carbons (Fsp3) is 0.579. The van der Waals surface area contributed by atoms with Gasteiger partial charge in [-0.25, -0.2) is 4.79 Å². The van der Waals surface area contributed by atoms with Crippen LogP contribution >= 0.6 is 12.4 Å². The molecule has 27 heavy (non-hydrogen) atoms. The molecule has 1 aromatic carbocycles. The third-order valence-corrected chi connectivity index (χ3v) is 6.97. The predicted octanol–water partition coefficient (Wildman–Crippen LogP) is 1.98. The highest BCUT2D eigenvalue weighted by Crippen LogP contribution is 2.49. The van der Waals surface area contributed by atoms with Gasteiger partial charge in [-0.2, -0.15) is 10.0 Å². The molecule has 0 spiro atoms. The number of hydrogen-bond donors (Lipinski definition) is 3. The Labute approximate surface area is 165 Å². The van der Waals surface area contributed by atoms with Crippen LogP contribution in [0.15, 0.2) is 24.3 Å². The van der Waals surface area contributed by atoms with E-state index in [1.807, 2.05) is 24.3 Å². The summed E-state index contributed by atoms with van der Waals surface area (Å²) >= 11 is 0. The van der Waals surface area contributed by atoms with Gasteiger partial charge in [0.05, 0.1) is 0 Å². The summed E-state index contributed by atoms with van der Waals surface area (Å²) in [5.74, 6) is -0.868.